The number of hydrogen-bond donors (Lipinski definition) is 1. The predicted octanol–water partition coefficient (Wildman–Crippen LogP) is 5.09. The van der Waals surface area contributed by atoms with Crippen molar-refractivity contribution < 1.29 is 17.2 Å². The van der Waals surface area contributed by atoms with E-state index in [9.17, 15) is 8.42 Å². The molecule has 2 aromatic heterocycles. The molecule has 0 saturated heterocycles. The molecule has 6 rings (SSSR count). The van der Waals surface area contributed by atoms with Gasteiger partial charge in [-0.05, 0) is 61.6 Å². The average Bonchev–Trinajstić information content (AvgIpc) is 3.22. The molecule has 2 unspecified atom stereocenters. The Labute approximate surface area is 188 Å². The van der Waals surface area contributed by atoms with Crippen molar-refractivity contribution in [3.63, 3.8) is 0 Å². The van der Waals surface area contributed by atoms with E-state index in [2.05, 4.69) is 15.2 Å². The van der Waals surface area contributed by atoms with E-state index < -0.39 is 26.6 Å². The van der Waals surface area contributed by atoms with E-state index in [-0.39, 0.29) is 23.7 Å². The summed E-state index contributed by atoms with van der Waals surface area (Å²) in [6, 6.07) is 13.1. The monoisotopic (exact) mass is 471 g/mol. The third-order valence-electron chi connectivity index (χ3n) is 6.49. The highest BCUT2D eigenvalue weighted by atomic mass is 35.5. The van der Waals surface area contributed by atoms with Crippen LogP contribution in [0.25, 0.3) is 10.9 Å². The molecule has 1 N–H and O–H groups in total. The summed E-state index contributed by atoms with van der Waals surface area (Å²) < 4.78 is 50.1. The van der Waals surface area contributed by atoms with Crippen LogP contribution in [0.5, 0.6) is 0 Å². The summed E-state index contributed by atoms with van der Waals surface area (Å²) in [6.07, 6.45) is 2.17. The number of nitrogens with zero attached hydrogens (tertiary/aromatic N) is 2. The van der Waals surface area contributed by atoms with E-state index in [1.54, 1.807) is 24.3 Å². The lowest BCUT2D eigenvalue weighted by Gasteiger charge is -2.28. The molecular formula is C23H19ClFN3O3S. The summed E-state index contributed by atoms with van der Waals surface area (Å²) in [4.78, 5) is 3.18. The van der Waals surface area contributed by atoms with Gasteiger partial charge in [0, 0.05) is 33.5 Å². The van der Waals surface area contributed by atoms with E-state index >= 15 is 4.39 Å². The SMILES string of the molecule is O=S(=O)(c1ccccc1)C(F)(c1nnc(C2CC2)o1)C1Cc2[nH]c3ccc(Cl)cc3c2C1. The van der Waals surface area contributed by atoms with Crippen LogP contribution in [0.2, 0.25) is 5.02 Å². The van der Waals surface area contributed by atoms with Gasteiger partial charge in [0.25, 0.3) is 10.9 Å². The van der Waals surface area contributed by atoms with Gasteiger partial charge in [-0.25, -0.2) is 12.8 Å². The van der Waals surface area contributed by atoms with Gasteiger partial charge < -0.3 is 9.40 Å². The number of halogens is 2. The zero-order chi connectivity index (χ0) is 22.1. The summed E-state index contributed by atoms with van der Waals surface area (Å²) in [5, 5.41) is 6.46. The molecule has 2 aliphatic carbocycles. The first kappa shape index (κ1) is 19.9. The van der Waals surface area contributed by atoms with E-state index in [0.717, 1.165) is 35.0 Å². The number of alkyl halides is 1. The highest BCUT2D eigenvalue weighted by Gasteiger charge is 2.59. The van der Waals surface area contributed by atoms with Crippen LogP contribution in [-0.2, 0) is 27.7 Å². The molecular weight excluding hydrogens is 453 g/mol. The van der Waals surface area contributed by atoms with Gasteiger partial charge in [-0.2, -0.15) is 0 Å². The molecule has 9 heteroatoms. The third kappa shape index (κ3) is 2.85. The second-order valence-electron chi connectivity index (χ2n) is 8.56. The van der Waals surface area contributed by atoms with Crippen LogP contribution >= 0.6 is 11.6 Å². The molecule has 2 aliphatic rings. The first-order valence-electron chi connectivity index (χ1n) is 10.5. The molecule has 164 valence electrons. The van der Waals surface area contributed by atoms with Gasteiger partial charge in [0.05, 0.1) is 4.90 Å². The molecule has 0 spiro atoms. The standard InChI is InChI=1S/C23H19ClFN3O3S/c24-15-8-9-19-18(12-15)17-10-14(11-20(17)26-19)23(25,22-28-27-21(31-22)13-6-7-13)32(29,30)16-4-2-1-3-5-16/h1-5,8-9,12-14,26H,6-7,10-11H2. The zero-order valence-electron chi connectivity index (χ0n) is 16.9. The summed E-state index contributed by atoms with van der Waals surface area (Å²) in [7, 11) is -4.49. The van der Waals surface area contributed by atoms with E-state index in [1.165, 1.54) is 12.1 Å². The topological polar surface area (TPSA) is 88.8 Å². The van der Waals surface area contributed by atoms with Crippen LogP contribution in [-0.4, -0.2) is 23.6 Å². The summed E-state index contributed by atoms with van der Waals surface area (Å²) in [5.74, 6) is -1.02. The molecule has 4 aromatic rings. The van der Waals surface area contributed by atoms with Crippen LogP contribution in [0.4, 0.5) is 4.39 Å². The fourth-order valence-electron chi connectivity index (χ4n) is 4.66. The van der Waals surface area contributed by atoms with Crippen LogP contribution in [0.1, 0.15) is 41.8 Å². The molecule has 0 radical (unpaired) electrons. The minimum Gasteiger partial charge on any atom is -0.420 e. The Morgan fingerprint density at radius 3 is 2.62 bits per heavy atom. The Morgan fingerprint density at radius 1 is 1.09 bits per heavy atom. The van der Waals surface area contributed by atoms with Gasteiger partial charge in [0.1, 0.15) is 0 Å². The Bertz CT molecular complexity index is 1450. The van der Waals surface area contributed by atoms with Crippen molar-refractivity contribution in [3.05, 3.63) is 76.6 Å². The quantitative estimate of drug-likeness (QED) is 0.437. The maximum absolute atomic E-state index is 17.1. The molecule has 2 aromatic carbocycles. The number of sulfone groups is 1. The van der Waals surface area contributed by atoms with E-state index in [0.29, 0.717) is 10.9 Å². The highest BCUT2D eigenvalue weighted by molar-refractivity contribution is 7.92. The van der Waals surface area contributed by atoms with Crippen LogP contribution in [0.15, 0.2) is 57.8 Å². The number of rotatable bonds is 5. The van der Waals surface area contributed by atoms with Gasteiger partial charge in [0.15, 0.2) is 0 Å². The summed E-state index contributed by atoms with van der Waals surface area (Å²) in [6.45, 7) is 0. The van der Waals surface area contributed by atoms with Crippen molar-refractivity contribution in [2.75, 3.05) is 0 Å². The third-order valence-corrected chi connectivity index (χ3v) is 8.90. The number of aromatic nitrogens is 3. The minimum atomic E-state index is -4.49. The zero-order valence-corrected chi connectivity index (χ0v) is 18.5. The van der Waals surface area contributed by atoms with Crippen molar-refractivity contribution in [2.24, 2.45) is 5.92 Å². The molecule has 6 nitrogen and oxygen atoms in total. The van der Waals surface area contributed by atoms with Crippen molar-refractivity contribution in [1.82, 2.24) is 15.2 Å². The average molecular weight is 472 g/mol. The van der Waals surface area contributed by atoms with E-state index in [1.807, 2.05) is 12.1 Å². The van der Waals surface area contributed by atoms with E-state index in [4.69, 9.17) is 16.0 Å². The van der Waals surface area contributed by atoms with Crippen LogP contribution < -0.4 is 0 Å². The number of aromatic amines is 1. The summed E-state index contributed by atoms with van der Waals surface area (Å²) >= 11 is 6.17. The number of H-pyrrole nitrogens is 1. The molecule has 0 bridgehead atoms. The predicted molar refractivity (Wildman–Crippen MR) is 117 cm³/mol. The van der Waals surface area contributed by atoms with Crippen molar-refractivity contribution >= 4 is 32.3 Å². The Balaban J connectivity index is 1.48. The maximum Gasteiger partial charge on any atom is 0.294 e. The number of nitrogens with one attached hydrogen (secondary N) is 1. The first-order chi connectivity index (χ1) is 15.4. The van der Waals surface area contributed by atoms with Gasteiger partial charge in [0.2, 0.25) is 15.7 Å². The number of fused-ring (bicyclic) bond motifs is 3. The van der Waals surface area contributed by atoms with Crippen molar-refractivity contribution in [1.29, 1.82) is 0 Å². The minimum absolute atomic E-state index is 0.0855. The molecule has 2 atom stereocenters. The van der Waals surface area contributed by atoms with Crippen LogP contribution in [0.3, 0.4) is 0 Å². The van der Waals surface area contributed by atoms with Gasteiger partial charge in [-0.3, -0.25) is 0 Å². The molecule has 0 aliphatic heterocycles. The molecule has 1 fully saturated rings. The van der Waals surface area contributed by atoms with Gasteiger partial charge >= 0.3 is 0 Å². The maximum atomic E-state index is 17.1. The first-order valence-corrected chi connectivity index (χ1v) is 12.4. The van der Waals surface area contributed by atoms with Crippen molar-refractivity contribution in [2.45, 2.75) is 41.5 Å². The summed E-state index contributed by atoms with van der Waals surface area (Å²) in [5.41, 5.74) is 2.57. The fraction of sp³-hybridized carbons (Fsp3) is 0.304. The lowest BCUT2D eigenvalue weighted by Crippen LogP contribution is -2.40. The molecule has 0 amide bonds. The Kier molecular flexibility index (Phi) is 4.29. The number of benzene rings is 2. The van der Waals surface area contributed by atoms with Crippen LogP contribution in [0, 0.1) is 5.92 Å². The molecule has 1 saturated carbocycles. The second kappa shape index (κ2) is 6.89. The normalized spacial score (nSPS) is 20.4. The lowest BCUT2D eigenvalue weighted by atomic mass is 9.98. The fourth-order valence-corrected chi connectivity index (χ4v) is 6.61. The largest absolute Gasteiger partial charge is 0.420 e. The molecule has 2 heterocycles. The van der Waals surface area contributed by atoms with Gasteiger partial charge in [-0.15, -0.1) is 10.2 Å². The Hall–Kier alpha value is -2.71. The lowest BCUT2D eigenvalue weighted by molar-refractivity contribution is 0.137. The number of hydrogen-bond acceptors (Lipinski definition) is 5. The molecule has 32 heavy (non-hydrogen) atoms. The smallest absolute Gasteiger partial charge is 0.294 e. The van der Waals surface area contributed by atoms with Gasteiger partial charge in [-0.1, -0.05) is 29.8 Å². The van der Waals surface area contributed by atoms with Crippen molar-refractivity contribution in [3.8, 4) is 0 Å². The Morgan fingerprint density at radius 2 is 1.88 bits per heavy atom. The second-order valence-corrected chi connectivity index (χ2v) is 11.1. The highest BCUT2D eigenvalue weighted by Crippen LogP contribution is 2.50.